The van der Waals surface area contributed by atoms with Crippen molar-refractivity contribution in [2.45, 2.75) is 50.7 Å². The normalized spacial score (nSPS) is 28.4. The van der Waals surface area contributed by atoms with E-state index in [0.717, 1.165) is 42.6 Å². The first-order chi connectivity index (χ1) is 14.9. The van der Waals surface area contributed by atoms with E-state index in [4.69, 9.17) is 21.1 Å². The van der Waals surface area contributed by atoms with Crippen molar-refractivity contribution in [1.82, 2.24) is 15.3 Å². The van der Waals surface area contributed by atoms with Crippen LogP contribution in [0.25, 0.3) is 0 Å². The zero-order valence-corrected chi connectivity index (χ0v) is 18.0. The quantitative estimate of drug-likeness (QED) is 0.683. The van der Waals surface area contributed by atoms with Crippen LogP contribution in [0.1, 0.15) is 44.1 Å². The summed E-state index contributed by atoms with van der Waals surface area (Å²) >= 11 is 5.88. The lowest BCUT2D eigenvalue weighted by Crippen LogP contribution is -2.60. The number of nitrogens with one attached hydrogen (secondary N) is 2. The van der Waals surface area contributed by atoms with Gasteiger partial charge in [-0.25, -0.2) is 4.79 Å². The lowest BCUT2D eigenvalue weighted by atomic mass is 9.53. The lowest BCUT2D eigenvalue weighted by molar-refractivity contribution is -0.128. The van der Waals surface area contributed by atoms with Crippen LogP contribution in [0.3, 0.4) is 0 Å². The molecule has 0 atom stereocenters. The molecule has 1 heterocycles. The highest BCUT2D eigenvalue weighted by atomic mass is 35.5. The molecule has 4 aliphatic carbocycles. The number of aromatic nitrogens is 2. The fraction of sp³-hybridized carbons (Fsp3) is 0.522. The molecule has 0 saturated heterocycles. The van der Waals surface area contributed by atoms with Crippen molar-refractivity contribution in [3.05, 3.63) is 51.4 Å². The molecule has 0 aliphatic heterocycles. The van der Waals surface area contributed by atoms with Crippen molar-refractivity contribution in [2.75, 3.05) is 6.61 Å². The van der Waals surface area contributed by atoms with Crippen LogP contribution >= 0.6 is 11.6 Å². The van der Waals surface area contributed by atoms with Crippen molar-refractivity contribution in [1.29, 1.82) is 0 Å². The fourth-order valence-electron chi connectivity index (χ4n) is 6.04. The largest absolute Gasteiger partial charge is 0.473 e. The monoisotopic (exact) mass is 443 g/mol. The smallest absolute Gasteiger partial charge is 0.351 e. The van der Waals surface area contributed by atoms with E-state index in [0.29, 0.717) is 5.02 Å². The number of carbonyl (C=O) groups excluding carboxylic acids is 1. The maximum Gasteiger partial charge on any atom is 0.351 e. The summed E-state index contributed by atoms with van der Waals surface area (Å²) in [5, 5.41) is 3.90. The van der Waals surface area contributed by atoms with Crippen molar-refractivity contribution in [3.8, 4) is 11.8 Å². The number of rotatable bonds is 7. The molecular weight excluding hydrogens is 418 g/mol. The molecule has 0 spiro atoms. The molecule has 4 saturated carbocycles. The Kier molecular flexibility index (Phi) is 5.38. The molecule has 4 bridgehead atoms. The van der Waals surface area contributed by atoms with Gasteiger partial charge in [-0.05, 0) is 74.0 Å². The molecule has 8 heteroatoms. The van der Waals surface area contributed by atoms with Crippen molar-refractivity contribution >= 4 is 17.5 Å². The van der Waals surface area contributed by atoms with Gasteiger partial charge >= 0.3 is 5.69 Å². The molecular formula is C23H26ClN3O4. The van der Waals surface area contributed by atoms with Crippen LogP contribution < -0.4 is 20.5 Å². The number of benzene rings is 1. The Hall–Kier alpha value is -2.54. The number of H-pyrrole nitrogens is 1. The van der Waals surface area contributed by atoms with Gasteiger partial charge in [0.25, 0.3) is 5.91 Å². The summed E-state index contributed by atoms with van der Waals surface area (Å²) < 4.78 is 11.2. The third-order valence-corrected chi connectivity index (χ3v) is 7.05. The number of carbonyl (C=O) groups is 1. The maximum absolute atomic E-state index is 12.6. The first kappa shape index (κ1) is 20.4. The Morgan fingerprint density at radius 2 is 1.74 bits per heavy atom. The number of aromatic amines is 1. The van der Waals surface area contributed by atoms with Gasteiger partial charge in [0.15, 0.2) is 6.61 Å². The second kappa shape index (κ2) is 8.19. The number of hydrogen-bond acceptors (Lipinski definition) is 5. The fourth-order valence-corrected chi connectivity index (χ4v) is 6.17. The predicted molar refractivity (Wildman–Crippen MR) is 115 cm³/mol. The van der Waals surface area contributed by atoms with Gasteiger partial charge in [0.05, 0.1) is 6.07 Å². The van der Waals surface area contributed by atoms with Crippen LogP contribution in [0.15, 0.2) is 35.1 Å². The van der Waals surface area contributed by atoms with E-state index < -0.39 is 5.69 Å². The van der Waals surface area contributed by atoms with Crippen molar-refractivity contribution in [2.24, 2.45) is 17.8 Å². The SMILES string of the molecule is O=C(COc1cc(OCc2ccc(Cl)cc2)nc(=O)[nH]1)NC12CC3CC(CC(C3)C1)C2. The predicted octanol–water partition coefficient (Wildman–Crippen LogP) is 3.47. The molecule has 0 unspecified atom stereocenters. The molecule has 2 aromatic rings. The van der Waals surface area contributed by atoms with Gasteiger partial charge < -0.3 is 14.8 Å². The third-order valence-electron chi connectivity index (χ3n) is 6.80. The summed E-state index contributed by atoms with van der Waals surface area (Å²) in [7, 11) is 0. The Morgan fingerprint density at radius 3 is 2.39 bits per heavy atom. The van der Waals surface area contributed by atoms with Crippen LogP contribution in [-0.4, -0.2) is 28.0 Å². The summed E-state index contributed by atoms with van der Waals surface area (Å²) in [5.74, 6) is 2.41. The topological polar surface area (TPSA) is 93.3 Å². The Balaban J connectivity index is 1.17. The van der Waals surface area contributed by atoms with Gasteiger partial charge in [0.2, 0.25) is 11.8 Å². The minimum Gasteiger partial charge on any atom is -0.473 e. The summed E-state index contributed by atoms with van der Waals surface area (Å²) in [6.07, 6.45) is 7.21. The van der Waals surface area contributed by atoms with Crippen molar-refractivity contribution in [3.63, 3.8) is 0 Å². The number of ether oxygens (including phenoxy) is 2. The van der Waals surface area contributed by atoms with E-state index in [1.54, 1.807) is 12.1 Å². The standard InChI is InChI=1S/C23H26ClN3O4/c24-18-3-1-14(2-4-18)12-30-20-8-21(26-22(29)25-20)31-13-19(28)27-23-9-15-5-16(10-23)7-17(6-15)11-23/h1-4,8,15-17H,5-7,9-13H2,(H,27,28)(H,25,26,29). The van der Waals surface area contributed by atoms with E-state index in [2.05, 4.69) is 15.3 Å². The first-order valence-corrected chi connectivity index (χ1v) is 11.2. The van der Waals surface area contributed by atoms with E-state index in [9.17, 15) is 9.59 Å². The van der Waals surface area contributed by atoms with Gasteiger partial charge in [-0.15, -0.1) is 0 Å². The van der Waals surface area contributed by atoms with Crippen LogP contribution in [0.2, 0.25) is 5.02 Å². The van der Waals surface area contributed by atoms with Crippen LogP contribution in [0, 0.1) is 17.8 Å². The van der Waals surface area contributed by atoms with Gasteiger partial charge in [-0.3, -0.25) is 9.78 Å². The number of nitrogens with zero attached hydrogens (tertiary/aromatic N) is 1. The Labute approximate surface area is 185 Å². The second-order valence-corrected chi connectivity index (χ2v) is 9.78. The van der Waals surface area contributed by atoms with Crippen molar-refractivity contribution < 1.29 is 14.3 Å². The highest BCUT2D eigenvalue weighted by molar-refractivity contribution is 6.30. The average Bonchev–Trinajstić information content (AvgIpc) is 2.70. The lowest BCUT2D eigenvalue weighted by Gasteiger charge is -2.56. The molecule has 1 amide bonds. The van der Waals surface area contributed by atoms with Gasteiger partial charge in [-0.1, -0.05) is 23.7 Å². The summed E-state index contributed by atoms with van der Waals surface area (Å²) in [4.78, 5) is 30.8. The molecule has 1 aromatic carbocycles. The zero-order valence-electron chi connectivity index (χ0n) is 17.2. The van der Waals surface area contributed by atoms with E-state index in [1.165, 1.54) is 25.3 Å². The highest BCUT2D eigenvalue weighted by Crippen LogP contribution is 2.55. The van der Waals surface area contributed by atoms with E-state index in [1.807, 2.05) is 12.1 Å². The minimum atomic E-state index is -0.593. The molecule has 6 rings (SSSR count). The van der Waals surface area contributed by atoms with Crippen LogP contribution in [0.4, 0.5) is 0 Å². The minimum absolute atomic E-state index is 0.0618. The molecule has 1 aromatic heterocycles. The van der Waals surface area contributed by atoms with Gasteiger partial charge in [-0.2, -0.15) is 4.98 Å². The Bertz CT molecular complexity index is 985. The highest BCUT2D eigenvalue weighted by Gasteiger charge is 2.51. The summed E-state index contributed by atoms with van der Waals surface area (Å²) in [5.41, 5.74) is 0.238. The number of halogens is 1. The maximum atomic E-state index is 12.6. The second-order valence-electron chi connectivity index (χ2n) is 9.34. The van der Waals surface area contributed by atoms with Gasteiger partial charge in [0.1, 0.15) is 6.61 Å². The van der Waals surface area contributed by atoms with E-state index >= 15 is 0 Å². The molecule has 2 N–H and O–H groups in total. The molecule has 4 fully saturated rings. The molecule has 0 radical (unpaired) electrons. The van der Waals surface area contributed by atoms with E-state index in [-0.39, 0.29) is 36.4 Å². The van der Waals surface area contributed by atoms with Crippen LogP contribution in [0.5, 0.6) is 11.8 Å². The Morgan fingerprint density at radius 1 is 1.10 bits per heavy atom. The average molecular weight is 444 g/mol. The molecule has 164 valence electrons. The number of amides is 1. The van der Waals surface area contributed by atoms with Crippen LogP contribution in [-0.2, 0) is 11.4 Å². The number of hydrogen-bond donors (Lipinski definition) is 2. The first-order valence-electron chi connectivity index (χ1n) is 10.9. The molecule has 7 nitrogen and oxygen atoms in total. The summed E-state index contributed by atoms with van der Waals surface area (Å²) in [6.45, 7) is 0.0812. The summed E-state index contributed by atoms with van der Waals surface area (Å²) in [6, 6.07) is 8.68. The third kappa shape index (κ3) is 4.71. The molecule has 31 heavy (non-hydrogen) atoms. The zero-order chi connectivity index (χ0) is 21.4. The van der Waals surface area contributed by atoms with Gasteiger partial charge in [0, 0.05) is 10.6 Å². The molecule has 4 aliphatic rings.